The fraction of sp³-hybridized carbons (Fsp3) is 0.667. The van der Waals surface area contributed by atoms with Crippen LogP contribution in [0.15, 0.2) is 12.4 Å². The molecular weight excluding hydrogens is 188 g/mol. The maximum atomic E-state index is 10.7. The third-order valence-electron chi connectivity index (χ3n) is 3.35. The van der Waals surface area contributed by atoms with Crippen molar-refractivity contribution in [2.24, 2.45) is 11.8 Å². The van der Waals surface area contributed by atoms with Gasteiger partial charge in [-0.2, -0.15) is 0 Å². The molecule has 1 heterocycles. The van der Waals surface area contributed by atoms with Gasteiger partial charge in [-0.25, -0.2) is 4.98 Å². The zero-order chi connectivity index (χ0) is 10.7. The quantitative estimate of drug-likeness (QED) is 0.712. The van der Waals surface area contributed by atoms with E-state index >= 15 is 0 Å². The van der Waals surface area contributed by atoms with E-state index in [9.17, 15) is 4.79 Å². The van der Waals surface area contributed by atoms with Gasteiger partial charge in [-0.15, -0.1) is 0 Å². The molecule has 2 unspecified atom stereocenters. The molecular formula is C12H18N2O. The maximum Gasteiger partial charge on any atom is 0.185 e. The second-order valence-electron chi connectivity index (χ2n) is 4.69. The Kier molecular flexibility index (Phi) is 3.19. The molecule has 3 heteroatoms. The van der Waals surface area contributed by atoms with E-state index in [1.807, 2.05) is 10.8 Å². The number of carbonyl (C=O) groups excluding carboxylic acids is 1. The van der Waals surface area contributed by atoms with Crippen molar-refractivity contribution in [1.82, 2.24) is 9.55 Å². The number of aromatic nitrogens is 2. The number of rotatable bonds is 3. The van der Waals surface area contributed by atoms with Gasteiger partial charge in [0.25, 0.3) is 0 Å². The van der Waals surface area contributed by atoms with Gasteiger partial charge in [-0.3, -0.25) is 4.79 Å². The Balaban J connectivity index is 1.98. The SMILES string of the molecule is CC1CCCC(Cn2ccnc2C=O)C1. The van der Waals surface area contributed by atoms with Crippen LogP contribution in [-0.4, -0.2) is 15.8 Å². The third-order valence-corrected chi connectivity index (χ3v) is 3.35. The molecule has 0 saturated heterocycles. The molecule has 2 rings (SSSR count). The Bertz CT molecular complexity index is 332. The van der Waals surface area contributed by atoms with Crippen molar-refractivity contribution in [1.29, 1.82) is 0 Å². The van der Waals surface area contributed by atoms with E-state index in [-0.39, 0.29) is 0 Å². The molecule has 3 nitrogen and oxygen atoms in total. The van der Waals surface area contributed by atoms with E-state index < -0.39 is 0 Å². The van der Waals surface area contributed by atoms with Gasteiger partial charge in [0.05, 0.1) is 0 Å². The Morgan fingerprint density at radius 3 is 3.20 bits per heavy atom. The van der Waals surface area contributed by atoms with Crippen molar-refractivity contribution in [3.63, 3.8) is 0 Å². The van der Waals surface area contributed by atoms with Crippen molar-refractivity contribution in [2.45, 2.75) is 39.2 Å². The van der Waals surface area contributed by atoms with Gasteiger partial charge in [0.1, 0.15) is 0 Å². The lowest BCUT2D eigenvalue weighted by molar-refractivity contribution is 0.110. The fourth-order valence-electron chi connectivity index (χ4n) is 2.60. The number of hydrogen-bond acceptors (Lipinski definition) is 2. The lowest BCUT2D eigenvalue weighted by Crippen LogP contribution is -2.19. The van der Waals surface area contributed by atoms with Gasteiger partial charge >= 0.3 is 0 Å². The summed E-state index contributed by atoms with van der Waals surface area (Å²) in [6.07, 6.45) is 9.72. The molecule has 0 radical (unpaired) electrons. The van der Waals surface area contributed by atoms with Gasteiger partial charge < -0.3 is 4.57 Å². The minimum absolute atomic E-state index is 0.563. The predicted molar refractivity (Wildman–Crippen MR) is 58.7 cm³/mol. The standard InChI is InChI=1S/C12H18N2O/c1-10-3-2-4-11(7-10)8-14-6-5-13-12(14)9-15/h5-6,9-11H,2-4,7-8H2,1H3. The summed E-state index contributed by atoms with van der Waals surface area (Å²) in [7, 11) is 0. The summed E-state index contributed by atoms with van der Waals surface area (Å²) < 4.78 is 1.98. The zero-order valence-electron chi connectivity index (χ0n) is 9.22. The van der Waals surface area contributed by atoms with Crippen molar-refractivity contribution >= 4 is 6.29 Å². The number of carbonyl (C=O) groups is 1. The van der Waals surface area contributed by atoms with Crippen LogP contribution in [-0.2, 0) is 6.54 Å². The molecule has 0 spiro atoms. The minimum atomic E-state index is 0.563. The van der Waals surface area contributed by atoms with Gasteiger partial charge in [0.2, 0.25) is 0 Å². The van der Waals surface area contributed by atoms with E-state index in [4.69, 9.17) is 0 Å². The summed E-state index contributed by atoms with van der Waals surface area (Å²) in [5.41, 5.74) is 0. The smallest absolute Gasteiger partial charge is 0.185 e. The minimum Gasteiger partial charge on any atom is -0.328 e. The highest BCUT2D eigenvalue weighted by Crippen LogP contribution is 2.29. The number of imidazole rings is 1. The Morgan fingerprint density at radius 1 is 1.60 bits per heavy atom. The van der Waals surface area contributed by atoms with Crippen LogP contribution in [0.3, 0.4) is 0 Å². The molecule has 1 saturated carbocycles. The first-order chi connectivity index (χ1) is 7.29. The molecule has 0 bridgehead atoms. The summed E-state index contributed by atoms with van der Waals surface area (Å²) in [6, 6.07) is 0. The maximum absolute atomic E-state index is 10.7. The number of hydrogen-bond donors (Lipinski definition) is 0. The first-order valence-corrected chi connectivity index (χ1v) is 5.76. The highest BCUT2D eigenvalue weighted by Gasteiger charge is 2.19. The Hall–Kier alpha value is -1.12. The average Bonchev–Trinajstić information content (AvgIpc) is 2.65. The van der Waals surface area contributed by atoms with Crippen LogP contribution < -0.4 is 0 Å². The second-order valence-corrected chi connectivity index (χ2v) is 4.69. The lowest BCUT2D eigenvalue weighted by atomic mass is 9.82. The highest BCUT2D eigenvalue weighted by atomic mass is 16.1. The fourth-order valence-corrected chi connectivity index (χ4v) is 2.60. The molecule has 82 valence electrons. The van der Waals surface area contributed by atoms with Crippen LogP contribution in [0.1, 0.15) is 43.2 Å². The van der Waals surface area contributed by atoms with Crippen molar-refractivity contribution in [3.8, 4) is 0 Å². The normalized spacial score (nSPS) is 26.5. The predicted octanol–water partition coefficient (Wildman–Crippen LogP) is 2.52. The van der Waals surface area contributed by atoms with Gasteiger partial charge in [-0.05, 0) is 24.7 Å². The summed E-state index contributed by atoms with van der Waals surface area (Å²) in [4.78, 5) is 14.7. The second kappa shape index (κ2) is 4.60. The van der Waals surface area contributed by atoms with Crippen LogP contribution in [0, 0.1) is 11.8 Å². The molecule has 0 amide bonds. The topological polar surface area (TPSA) is 34.9 Å². The molecule has 0 aromatic carbocycles. The van der Waals surface area contributed by atoms with Crippen LogP contribution in [0.5, 0.6) is 0 Å². The third kappa shape index (κ3) is 2.46. The van der Waals surface area contributed by atoms with Crippen molar-refractivity contribution < 1.29 is 4.79 Å². The number of nitrogens with zero attached hydrogens (tertiary/aromatic N) is 2. The van der Waals surface area contributed by atoms with E-state index in [1.165, 1.54) is 25.7 Å². The Morgan fingerprint density at radius 2 is 2.47 bits per heavy atom. The summed E-state index contributed by atoms with van der Waals surface area (Å²) in [5.74, 6) is 2.13. The van der Waals surface area contributed by atoms with Gasteiger partial charge in [-0.1, -0.05) is 19.8 Å². The first kappa shape index (κ1) is 10.4. The zero-order valence-corrected chi connectivity index (χ0v) is 9.22. The van der Waals surface area contributed by atoms with E-state index in [2.05, 4.69) is 11.9 Å². The summed E-state index contributed by atoms with van der Waals surface area (Å²) in [5, 5.41) is 0. The monoisotopic (exact) mass is 206 g/mol. The molecule has 0 N–H and O–H groups in total. The van der Waals surface area contributed by atoms with E-state index in [0.29, 0.717) is 5.82 Å². The Labute approximate surface area is 90.5 Å². The molecule has 1 fully saturated rings. The van der Waals surface area contributed by atoms with Gasteiger partial charge in [0.15, 0.2) is 12.1 Å². The summed E-state index contributed by atoms with van der Waals surface area (Å²) >= 11 is 0. The van der Waals surface area contributed by atoms with E-state index in [1.54, 1.807) is 6.20 Å². The largest absolute Gasteiger partial charge is 0.328 e. The molecule has 15 heavy (non-hydrogen) atoms. The van der Waals surface area contributed by atoms with Crippen LogP contribution in [0.25, 0.3) is 0 Å². The molecule has 2 atom stereocenters. The van der Waals surface area contributed by atoms with Crippen molar-refractivity contribution in [3.05, 3.63) is 18.2 Å². The lowest BCUT2D eigenvalue weighted by Gasteiger charge is -2.27. The molecule has 1 aromatic heterocycles. The highest BCUT2D eigenvalue weighted by molar-refractivity contribution is 5.69. The molecule has 1 aromatic rings. The van der Waals surface area contributed by atoms with Gasteiger partial charge in [0, 0.05) is 18.9 Å². The van der Waals surface area contributed by atoms with Crippen LogP contribution in [0.4, 0.5) is 0 Å². The molecule has 1 aliphatic rings. The van der Waals surface area contributed by atoms with E-state index in [0.717, 1.165) is 24.7 Å². The molecule has 0 aliphatic heterocycles. The van der Waals surface area contributed by atoms with Crippen molar-refractivity contribution in [2.75, 3.05) is 0 Å². The van der Waals surface area contributed by atoms with Crippen LogP contribution >= 0.6 is 0 Å². The summed E-state index contributed by atoms with van der Waals surface area (Å²) in [6.45, 7) is 3.28. The first-order valence-electron chi connectivity index (χ1n) is 5.76. The molecule has 1 aliphatic carbocycles. The number of aldehydes is 1. The average molecular weight is 206 g/mol. The van der Waals surface area contributed by atoms with Crippen LogP contribution in [0.2, 0.25) is 0 Å².